The second-order valence-corrected chi connectivity index (χ2v) is 12.0. The van der Waals surface area contributed by atoms with Gasteiger partial charge in [0.1, 0.15) is 5.78 Å². The van der Waals surface area contributed by atoms with Gasteiger partial charge in [-0.25, -0.2) is 0 Å². The quantitative estimate of drug-likeness (QED) is 0.776. The Hall–Kier alpha value is -0.233. The molecule has 0 heterocycles. The van der Waals surface area contributed by atoms with Crippen molar-refractivity contribution in [1.29, 1.82) is 0 Å². The number of Topliss-reactive ketones (excluding diaryl/α,β-unsaturated/α-hetero) is 1. The minimum absolute atomic E-state index is 0.0661. The van der Waals surface area contributed by atoms with E-state index >= 15 is 0 Å². The van der Waals surface area contributed by atoms with Crippen molar-refractivity contribution in [2.24, 2.45) is 11.8 Å². The van der Waals surface area contributed by atoms with Crippen molar-refractivity contribution >= 4 is 14.1 Å². The largest absolute Gasteiger partial charge is 0.413 e. The predicted molar refractivity (Wildman–Crippen MR) is 77.4 cm³/mol. The maximum Gasteiger partial charge on any atom is 0.192 e. The fraction of sp³-hybridized carbons (Fsp3) is 0.929. The molecule has 4 atom stereocenters. The van der Waals surface area contributed by atoms with Crippen molar-refractivity contribution in [2.45, 2.75) is 64.5 Å². The van der Waals surface area contributed by atoms with Gasteiger partial charge in [0, 0.05) is 18.3 Å². The summed E-state index contributed by atoms with van der Waals surface area (Å²) in [5, 5.41) is 19.2. The number of carbonyl (C=O) groups is 1. The van der Waals surface area contributed by atoms with Gasteiger partial charge in [0.25, 0.3) is 0 Å². The highest BCUT2D eigenvalue weighted by Crippen LogP contribution is 2.42. The molecule has 19 heavy (non-hydrogen) atoms. The summed E-state index contributed by atoms with van der Waals surface area (Å²) in [7, 11) is -1.97. The average molecular weight is 288 g/mol. The first-order chi connectivity index (χ1) is 8.51. The Morgan fingerprint density at radius 1 is 1.42 bits per heavy atom. The highest BCUT2D eigenvalue weighted by Gasteiger charge is 2.48. The Kier molecular flexibility index (Phi) is 4.99. The molecule has 4 nitrogen and oxygen atoms in total. The van der Waals surface area contributed by atoms with E-state index in [2.05, 4.69) is 33.9 Å². The zero-order valence-corrected chi connectivity index (χ0v) is 13.9. The van der Waals surface area contributed by atoms with Gasteiger partial charge in [0.05, 0.1) is 18.8 Å². The minimum atomic E-state index is -1.97. The molecule has 2 N–H and O–H groups in total. The molecular weight excluding hydrogens is 260 g/mol. The summed E-state index contributed by atoms with van der Waals surface area (Å²) in [6.07, 6.45) is -0.781. The smallest absolute Gasteiger partial charge is 0.192 e. The summed E-state index contributed by atoms with van der Waals surface area (Å²) in [4.78, 5) is 11.9. The lowest BCUT2D eigenvalue weighted by Gasteiger charge is -2.40. The topological polar surface area (TPSA) is 66.8 Å². The van der Waals surface area contributed by atoms with Gasteiger partial charge in [0.2, 0.25) is 0 Å². The SMILES string of the molecule is C[C@H]1C(=O)C[C@@H](O[Si](C)(C)C(C)(C)C)[C@@H]1C(O)CO. The molecule has 1 fully saturated rings. The van der Waals surface area contributed by atoms with Crippen molar-refractivity contribution in [3.8, 4) is 0 Å². The summed E-state index contributed by atoms with van der Waals surface area (Å²) in [6.45, 7) is 12.2. The number of aliphatic hydroxyl groups excluding tert-OH is 2. The van der Waals surface area contributed by atoms with E-state index in [4.69, 9.17) is 9.53 Å². The van der Waals surface area contributed by atoms with Crippen LogP contribution in [0, 0.1) is 11.8 Å². The summed E-state index contributed by atoms with van der Waals surface area (Å²) >= 11 is 0. The third-order valence-electron chi connectivity index (χ3n) is 4.80. The normalized spacial score (nSPS) is 30.7. The van der Waals surface area contributed by atoms with Crippen molar-refractivity contribution < 1.29 is 19.4 Å². The molecule has 0 aliphatic heterocycles. The molecule has 0 saturated heterocycles. The Morgan fingerprint density at radius 2 is 1.95 bits per heavy atom. The molecule has 1 unspecified atom stereocenters. The van der Waals surface area contributed by atoms with Crippen LogP contribution in [0.25, 0.3) is 0 Å². The summed E-state index contributed by atoms with van der Waals surface area (Å²) in [6, 6.07) is 0. The van der Waals surface area contributed by atoms with Crippen LogP contribution in [-0.2, 0) is 9.22 Å². The van der Waals surface area contributed by atoms with Gasteiger partial charge in [-0.1, -0.05) is 27.7 Å². The molecule has 0 bridgehead atoms. The van der Waals surface area contributed by atoms with Crippen LogP contribution in [0.4, 0.5) is 0 Å². The van der Waals surface area contributed by atoms with Gasteiger partial charge >= 0.3 is 0 Å². The highest BCUT2D eigenvalue weighted by atomic mass is 28.4. The van der Waals surface area contributed by atoms with E-state index in [0.717, 1.165) is 0 Å². The number of aliphatic hydroxyl groups is 2. The molecule has 5 heteroatoms. The van der Waals surface area contributed by atoms with E-state index in [1.165, 1.54) is 0 Å². The maximum atomic E-state index is 11.9. The first-order valence-corrected chi connectivity index (χ1v) is 9.91. The molecule has 0 spiro atoms. The van der Waals surface area contributed by atoms with Gasteiger partial charge in [-0.3, -0.25) is 4.79 Å². The number of hydrogen-bond acceptors (Lipinski definition) is 4. The fourth-order valence-electron chi connectivity index (χ4n) is 2.44. The van der Waals surface area contributed by atoms with Crippen LogP contribution in [0.1, 0.15) is 34.1 Å². The van der Waals surface area contributed by atoms with Gasteiger partial charge in [-0.15, -0.1) is 0 Å². The second kappa shape index (κ2) is 5.64. The van der Waals surface area contributed by atoms with Crippen LogP contribution < -0.4 is 0 Å². The van der Waals surface area contributed by atoms with E-state index in [-0.39, 0.29) is 35.4 Å². The molecule has 0 amide bonds. The molecule has 0 aromatic heterocycles. The van der Waals surface area contributed by atoms with Crippen molar-refractivity contribution in [1.82, 2.24) is 0 Å². The second-order valence-electron chi connectivity index (χ2n) is 7.20. The van der Waals surface area contributed by atoms with Crippen LogP contribution in [-0.4, -0.2) is 43.1 Å². The zero-order valence-electron chi connectivity index (χ0n) is 12.9. The summed E-state index contributed by atoms with van der Waals surface area (Å²) < 4.78 is 6.29. The third kappa shape index (κ3) is 3.45. The Balaban J connectivity index is 2.90. The highest BCUT2D eigenvalue weighted by molar-refractivity contribution is 6.74. The molecule has 1 aliphatic carbocycles. The minimum Gasteiger partial charge on any atom is -0.413 e. The molecular formula is C14H28O4Si. The number of rotatable bonds is 4. The van der Waals surface area contributed by atoms with Crippen molar-refractivity contribution in [2.75, 3.05) is 6.61 Å². The zero-order chi connectivity index (χ0) is 15.0. The van der Waals surface area contributed by atoms with E-state index < -0.39 is 14.4 Å². The Morgan fingerprint density at radius 3 is 2.37 bits per heavy atom. The molecule has 1 saturated carbocycles. The number of carbonyl (C=O) groups excluding carboxylic acids is 1. The first kappa shape index (κ1) is 16.8. The lowest BCUT2D eigenvalue weighted by atomic mass is 9.91. The standard InChI is InChI=1S/C14H28O4Si/c1-9-10(16)7-12(13(9)11(17)8-15)18-19(5,6)14(2,3)4/h9,11-13,15,17H,7-8H2,1-6H3/t9-,11?,12+,13-/m0/s1. The Bertz CT molecular complexity index is 335. The predicted octanol–water partition coefficient (Wildman–Crippen LogP) is 1.96. The molecule has 112 valence electrons. The van der Waals surface area contributed by atoms with Gasteiger partial charge in [-0.05, 0) is 18.1 Å². The van der Waals surface area contributed by atoms with Gasteiger partial charge in [0.15, 0.2) is 8.32 Å². The summed E-state index contributed by atoms with van der Waals surface area (Å²) in [5.74, 6) is -0.398. The fourth-order valence-corrected chi connectivity index (χ4v) is 3.79. The van der Waals surface area contributed by atoms with E-state index in [1.54, 1.807) is 0 Å². The van der Waals surface area contributed by atoms with Crippen LogP contribution in [0.2, 0.25) is 18.1 Å². The number of hydrogen-bond donors (Lipinski definition) is 2. The maximum absolute atomic E-state index is 11.9. The van der Waals surface area contributed by atoms with E-state index in [1.807, 2.05) is 6.92 Å². The van der Waals surface area contributed by atoms with Crippen molar-refractivity contribution in [3.05, 3.63) is 0 Å². The van der Waals surface area contributed by atoms with Crippen LogP contribution in [0.3, 0.4) is 0 Å². The monoisotopic (exact) mass is 288 g/mol. The molecule has 1 rings (SSSR count). The van der Waals surface area contributed by atoms with Crippen LogP contribution in [0.15, 0.2) is 0 Å². The van der Waals surface area contributed by atoms with Crippen LogP contribution >= 0.6 is 0 Å². The summed E-state index contributed by atoms with van der Waals surface area (Å²) in [5.41, 5.74) is 0. The number of ketones is 1. The molecule has 1 aliphatic rings. The average Bonchev–Trinajstić information content (AvgIpc) is 2.51. The Labute approximate surface area is 117 Å². The third-order valence-corrected chi connectivity index (χ3v) is 9.30. The lowest BCUT2D eigenvalue weighted by molar-refractivity contribution is -0.121. The molecule has 0 radical (unpaired) electrons. The van der Waals surface area contributed by atoms with Gasteiger partial charge in [-0.2, -0.15) is 0 Å². The van der Waals surface area contributed by atoms with E-state index in [0.29, 0.717) is 6.42 Å². The molecule has 0 aromatic carbocycles. The first-order valence-electron chi connectivity index (χ1n) is 7.00. The van der Waals surface area contributed by atoms with E-state index in [9.17, 15) is 9.90 Å². The lowest BCUT2D eigenvalue weighted by Crippen LogP contribution is -2.47. The van der Waals surface area contributed by atoms with Gasteiger partial charge < -0.3 is 14.6 Å². The molecule has 0 aromatic rings. The van der Waals surface area contributed by atoms with Crippen LogP contribution in [0.5, 0.6) is 0 Å². The van der Waals surface area contributed by atoms with Crippen molar-refractivity contribution in [3.63, 3.8) is 0 Å².